The standard InChI is InChI=1S/C18H22F3NO/c1-13(18(19,20)21)17(23)10-15-8-5-9-16(11-17)22(15)12-14-6-3-2-4-7-14/h2-4,6-7,15-16,23H,1,5,8-12H2. The van der Waals surface area contributed by atoms with Crippen molar-refractivity contribution in [3.8, 4) is 0 Å². The van der Waals surface area contributed by atoms with Crippen LogP contribution in [0.15, 0.2) is 42.5 Å². The summed E-state index contributed by atoms with van der Waals surface area (Å²) in [5.74, 6) is 0. The zero-order chi connectivity index (χ0) is 16.7. The molecule has 2 unspecified atom stereocenters. The van der Waals surface area contributed by atoms with Crippen molar-refractivity contribution in [2.45, 2.75) is 62.5 Å². The summed E-state index contributed by atoms with van der Waals surface area (Å²) in [5.41, 5.74) is -1.65. The molecular weight excluding hydrogens is 303 g/mol. The Morgan fingerprint density at radius 3 is 2.26 bits per heavy atom. The van der Waals surface area contributed by atoms with Gasteiger partial charge in [0, 0.05) is 18.6 Å². The van der Waals surface area contributed by atoms with Crippen molar-refractivity contribution in [2.75, 3.05) is 0 Å². The van der Waals surface area contributed by atoms with Crippen LogP contribution in [0.25, 0.3) is 0 Å². The Labute approximate surface area is 134 Å². The Hall–Kier alpha value is -1.33. The van der Waals surface area contributed by atoms with Gasteiger partial charge >= 0.3 is 6.18 Å². The molecule has 2 aliphatic rings. The molecule has 2 atom stereocenters. The molecule has 0 aliphatic carbocycles. The van der Waals surface area contributed by atoms with E-state index in [1.807, 2.05) is 30.3 Å². The van der Waals surface area contributed by atoms with E-state index in [1.54, 1.807) is 0 Å². The van der Waals surface area contributed by atoms with Gasteiger partial charge in [0.15, 0.2) is 0 Å². The Morgan fingerprint density at radius 2 is 1.74 bits per heavy atom. The third-order valence-corrected chi connectivity index (χ3v) is 5.27. The summed E-state index contributed by atoms with van der Waals surface area (Å²) in [4.78, 5) is 2.27. The van der Waals surface area contributed by atoms with Crippen LogP contribution in [0.2, 0.25) is 0 Å². The molecule has 3 rings (SSSR count). The van der Waals surface area contributed by atoms with E-state index in [1.165, 1.54) is 0 Å². The third-order valence-electron chi connectivity index (χ3n) is 5.27. The van der Waals surface area contributed by atoms with Gasteiger partial charge in [0.1, 0.15) is 0 Å². The van der Waals surface area contributed by atoms with Gasteiger partial charge in [-0.25, -0.2) is 0 Å². The molecule has 5 heteroatoms. The van der Waals surface area contributed by atoms with E-state index < -0.39 is 17.4 Å². The molecule has 1 aromatic rings. The summed E-state index contributed by atoms with van der Waals surface area (Å²) < 4.78 is 39.1. The molecule has 126 valence electrons. The van der Waals surface area contributed by atoms with Crippen LogP contribution in [-0.4, -0.2) is 33.9 Å². The van der Waals surface area contributed by atoms with E-state index in [0.29, 0.717) is 0 Å². The van der Waals surface area contributed by atoms with Crippen LogP contribution in [0.3, 0.4) is 0 Å². The summed E-state index contributed by atoms with van der Waals surface area (Å²) in [6.45, 7) is 3.89. The van der Waals surface area contributed by atoms with E-state index in [0.717, 1.165) is 31.4 Å². The minimum absolute atomic E-state index is 0.0215. The molecule has 1 aromatic carbocycles. The highest BCUT2D eigenvalue weighted by atomic mass is 19.4. The first-order valence-electron chi connectivity index (χ1n) is 8.08. The average molecular weight is 325 g/mol. The molecule has 2 aliphatic heterocycles. The lowest BCUT2D eigenvalue weighted by Crippen LogP contribution is -2.59. The summed E-state index contributed by atoms with van der Waals surface area (Å²) in [6.07, 6.45) is -1.63. The Morgan fingerprint density at radius 1 is 1.17 bits per heavy atom. The van der Waals surface area contributed by atoms with Gasteiger partial charge in [0.05, 0.1) is 11.2 Å². The highest BCUT2D eigenvalue weighted by molar-refractivity contribution is 5.23. The number of aliphatic hydroxyl groups is 1. The number of halogens is 3. The van der Waals surface area contributed by atoms with E-state index in [2.05, 4.69) is 11.5 Å². The molecule has 0 amide bonds. The van der Waals surface area contributed by atoms with Crippen molar-refractivity contribution in [3.63, 3.8) is 0 Å². The second-order valence-corrected chi connectivity index (χ2v) is 6.81. The van der Waals surface area contributed by atoms with Crippen LogP contribution in [-0.2, 0) is 6.54 Å². The number of alkyl halides is 3. The van der Waals surface area contributed by atoms with E-state index >= 15 is 0 Å². The Balaban J connectivity index is 1.79. The molecule has 2 heterocycles. The smallest absolute Gasteiger partial charge is 0.385 e. The quantitative estimate of drug-likeness (QED) is 0.848. The van der Waals surface area contributed by atoms with Gasteiger partial charge in [-0.3, -0.25) is 4.90 Å². The molecule has 2 bridgehead atoms. The van der Waals surface area contributed by atoms with Gasteiger partial charge in [-0.15, -0.1) is 0 Å². The monoisotopic (exact) mass is 325 g/mol. The third kappa shape index (κ3) is 3.31. The van der Waals surface area contributed by atoms with Gasteiger partial charge in [-0.2, -0.15) is 13.2 Å². The highest BCUT2D eigenvalue weighted by Gasteiger charge is 2.52. The largest absolute Gasteiger partial charge is 0.414 e. The zero-order valence-electron chi connectivity index (χ0n) is 13.0. The van der Waals surface area contributed by atoms with Gasteiger partial charge in [0.25, 0.3) is 0 Å². The summed E-state index contributed by atoms with van der Waals surface area (Å²) in [6, 6.07) is 9.91. The van der Waals surface area contributed by atoms with Crippen LogP contribution < -0.4 is 0 Å². The number of hydrogen-bond acceptors (Lipinski definition) is 2. The first-order chi connectivity index (χ1) is 10.8. The second-order valence-electron chi connectivity index (χ2n) is 6.81. The van der Waals surface area contributed by atoms with Gasteiger partial charge in [0.2, 0.25) is 0 Å². The lowest BCUT2D eigenvalue weighted by Gasteiger charge is -2.52. The summed E-state index contributed by atoms with van der Waals surface area (Å²) in [7, 11) is 0. The van der Waals surface area contributed by atoms with Crippen LogP contribution in [0.1, 0.15) is 37.7 Å². The molecule has 0 spiro atoms. The molecule has 2 fully saturated rings. The predicted molar refractivity (Wildman–Crippen MR) is 82.8 cm³/mol. The first-order valence-corrected chi connectivity index (χ1v) is 8.08. The summed E-state index contributed by atoms with van der Waals surface area (Å²) in [5, 5.41) is 10.6. The predicted octanol–water partition coefficient (Wildman–Crippen LogP) is 4.05. The average Bonchev–Trinajstić information content (AvgIpc) is 2.48. The normalized spacial score (nSPS) is 31.8. The van der Waals surface area contributed by atoms with Crippen molar-refractivity contribution < 1.29 is 18.3 Å². The summed E-state index contributed by atoms with van der Waals surface area (Å²) >= 11 is 0. The van der Waals surface area contributed by atoms with E-state index in [-0.39, 0.29) is 24.9 Å². The SMILES string of the molecule is C=C(C(F)(F)F)C1(O)CC2CCCC(C1)N2Cc1ccccc1. The fraction of sp³-hybridized carbons (Fsp3) is 0.556. The van der Waals surface area contributed by atoms with Crippen molar-refractivity contribution in [3.05, 3.63) is 48.0 Å². The topological polar surface area (TPSA) is 23.5 Å². The zero-order valence-corrected chi connectivity index (χ0v) is 13.0. The lowest BCUT2D eigenvalue weighted by atomic mass is 9.72. The minimum Gasteiger partial charge on any atom is -0.385 e. The molecule has 2 nitrogen and oxygen atoms in total. The highest BCUT2D eigenvalue weighted by Crippen LogP contribution is 2.46. The molecule has 23 heavy (non-hydrogen) atoms. The van der Waals surface area contributed by atoms with E-state index in [9.17, 15) is 18.3 Å². The number of rotatable bonds is 3. The van der Waals surface area contributed by atoms with E-state index in [4.69, 9.17) is 0 Å². The molecule has 0 saturated carbocycles. The minimum atomic E-state index is -4.54. The number of piperidine rings is 2. The van der Waals surface area contributed by atoms with Gasteiger partial charge in [-0.1, -0.05) is 43.3 Å². The second kappa shape index (κ2) is 5.95. The Kier molecular flexibility index (Phi) is 4.27. The molecular formula is C18H22F3NO. The van der Waals surface area contributed by atoms with Crippen molar-refractivity contribution in [2.24, 2.45) is 0 Å². The van der Waals surface area contributed by atoms with Gasteiger partial charge < -0.3 is 5.11 Å². The number of hydrogen-bond donors (Lipinski definition) is 1. The van der Waals surface area contributed by atoms with Crippen LogP contribution in [0.4, 0.5) is 13.2 Å². The van der Waals surface area contributed by atoms with Crippen molar-refractivity contribution >= 4 is 0 Å². The number of benzene rings is 1. The van der Waals surface area contributed by atoms with Crippen LogP contribution in [0.5, 0.6) is 0 Å². The number of nitrogens with zero attached hydrogens (tertiary/aromatic N) is 1. The molecule has 0 aromatic heterocycles. The molecule has 1 N–H and O–H groups in total. The fourth-order valence-electron chi connectivity index (χ4n) is 4.08. The van der Waals surface area contributed by atoms with Gasteiger partial charge in [-0.05, 0) is 31.2 Å². The number of fused-ring (bicyclic) bond motifs is 2. The van der Waals surface area contributed by atoms with Crippen molar-refractivity contribution in [1.29, 1.82) is 0 Å². The molecule has 2 saturated heterocycles. The lowest BCUT2D eigenvalue weighted by molar-refractivity contribution is -0.145. The van der Waals surface area contributed by atoms with Crippen LogP contribution >= 0.6 is 0 Å². The maximum absolute atomic E-state index is 13.0. The Bertz CT molecular complexity index is 555. The maximum atomic E-state index is 13.0. The molecule has 0 radical (unpaired) electrons. The van der Waals surface area contributed by atoms with Crippen LogP contribution in [0, 0.1) is 0 Å². The maximum Gasteiger partial charge on any atom is 0.414 e. The fourth-order valence-corrected chi connectivity index (χ4v) is 4.08. The van der Waals surface area contributed by atoms with Crippen molar-refractivity contribution in [1.82, 2.24) is 4.90 Å². The first kappa shape index (κ1) is 16.5.